The van der Waals surface area contributed by atoms with E-state index >= 15 is 0 Å². The second-order valence-electron chi connectivity index (χ2n) is 9.69. The second kappa shape index (κ2) is 11.8. The van der Waals surface area contributed by atoms with E-state index in [1.54, 1.807) is 11.3 Å². The third-order valence-corrected chi connectivity index (χ3v) is 6.52. The van der Waals surface area contributed by atoms with E-state index in [0.29, 0.717) is 19.7 Å². The zero-order valence-corrected chi connectivity index (χ0v) is 24.2. The fourth-order valence-corrected chi connectivity index (χ4v) is 5.05. The van der Waals surface area contributed by atoms with Gasteiger partial charge in [-0.05, 0) is 56.9 Å². The first-order valence-corrected chi connectivity index (χ1v) is 12.5. The number of nitrogens with zero attached hydrogens (tertiary/aromatic N) is 2. The first kappa shape index (κ1) is 27.5. The number of ether oxygens (including phenoxy) is 2. The van der Waals surface area contributed by atoms with Crippen molar-refractivity contribution >= 4 is 17.3 Å². The van der Waals surface area contributed by atoms with E-state index in [0.717, 1.165) is 34.9 Å². The van der Waals surface area contributed by atoms with Crippen LogP contribution in [0.25, 0.3) is 16.6 Å². The standard InChI is InChI=1S/C27H32N3O3S.W/c1-26(2,3)33-25(31)16-27(14-19-8-4-5-9-20(19)15-27)29-17-24-30-22(18-34-24)21-10-6-7-11-23(21)32-13-12-28;/h4-11,18H,12-17,28H2,1-3H3;/q-1;. The average Bonchev–Trinajstić information content (AvgIpc) is 3.39. The van der Waals surface area contributed by atoms with Gasteiger partial charge < -0.3 is 20.5 Å². The molecule has 1 aliphatic rings. The molecule has 35 heavy (non-hydrogen) atoms. The number of nitrogens with two attached hydrogens (primary N) is 1. The normalized spacial score (nSPS) is 14.2. The van der Waals surface area contributed by atoms with Gasteiger partial charge >= 0.3 is 5.97 Å². The Balaban J connectivity index is 0.00000342. The number of fused-ring (bicyclic) bond motifs is 1. The van der Waals surface area contributed by atoms with E-state index in [-0.39, 0.29) is 33.5 Å². The predicted molar refractivity (Wildman–Crippen MR) is 136 cm³/mol. The van der Waals surface area contributed by atoms with E-state index in [1.165, 1.54) is 11.1 Å². The zero-order chi connectivity index (χ0) is 24.2. The van der Waals surface area contributed by atoms with Crippen LogP contribution >= 0.6 is 11.3 Å². The molecule has 0 radical (unpaired) electrons. The number of carbonyl (C=O) groups is 1. The molecule has 4 rings (SSSR count). The number of carbonyl (C=O) groups excluding carboxylic acids is 1. The Hall–Kier alpha value is -2.05. The number of para-hydroxylation sites is 1. The molecule has 186 valence electrons. The average molecular weight is 662 g/mol. The third kappa shape index (κ3) is 7.23. The van der Waals surface area contributed by atoms with Crippen molar-refractivity contribution in [2.24, 2.45) is 5.73 Å². The summed E-state index contributed by atoms with van der Waals surface area (Å²) in [5, 5.41) is 8.02. The van der Waals surface area contributed by atoms with Gasteiger partial charge in [0.15, 0.2) is 0 Å². The molecule has 0 saturated carbocycles. The van der Waals surface area contributed by atoms with E-state index in [1.807, 2.05) is 62.5 Å². The zero-order valence-electron chi connectivity index (χ0n) is 20.5. The van der Waals surface area contributed by atoms with Crippen molar-refractivity contribution in [2.45, 2.75) is 57.7 Å². The van der Waals surface area contributed by atoms with Gasteiger partial charge in [-0.1, -0.05) is 42.9 Å². The number of aromatic nitrogens is 1. The molecule has 6 nitrogen and oxygen atoms in total. The number of benzene rings is 2. The van der Waals surface area contributed by atoms with Crippen LogP contribution < -0.4 is 10.5 Å². The first-order chi connectivity index (χ1) is 16.3. The largest absolute Gasteiger partial charge is 0.650 e. The number of thiazole rings is 1. The number of hydrogen-bond acceptors (Lipinski definition) is 6. The third-order valence-electron chi connectivity index (χ3n) is 5.69. The summed E-state index contributed by atoms with van der Waals surface area (Å²) < 4.78 is 11.4. The topological polar surface area (TPSA) is 88.5 Å². The molecule has 0 spiro atoms. The van der Waals surface area contributed by atoms with E-state index in [9.17, 15) is 4.79 Å². The van der Waals surface area contributed by atoms with Crippen molar-refractivity contribution in [3.63, 3.8) is 0 Å². The summed E-state index contributed by atoms with van der Waals surface area (Å²) in [6.45, 7) is 7.04. The molecular formula is C27H32N3O3SW-. The fourth-order valence-electron chi connectivity index (χ4n) is 4.33. The van der Waals surface area contributed by atoms with Gasteiger partial charge in [0.05, 0.1) is 10.7 Å². The summed E-state index contributed by atoms with van der Waals surface area (Å²) in [5.41, 5.74) is 8.86. The van der Waals surface area contributed by atoms with Crippen molar-refractivity contribution in [2.75, 3.05) is 13.2 Å². The monoisotopic (exact) mass is 662 g/mol. The van der Waals surface area contributed by atoms with Gasteiger partial charge in [-0.2, -0.15) is 0 Å². The molecule has 0 unspecified atom stereocenters. The Labute approximate surface area is 225 Å². The summed E-state index contributed by atoms with van der Waals surface area (Å²) in [7, 11) is 0. The van der Waals surface area contributed by atoms with Crippen LogP contribution in [0.2, 0.25) is 0 Å². The molecule has 0 amide bonds. The van der Waals surface area contributed by atoms with E-state index in [4.69, 9.17) is 25.5 Å². The van der Waals surface area contributed by atoms with Crippen LogP contribution in [0.1, 0.15) is 43.3 Å². The van der Waals surface area contributed by atoms with Crippen molar-refractivity contribution in [3.8, 4) is 17.0 Å². The van der Waals surface area contributed by atoms with Gasteiger partial charge in [0.2, 0.25) is 0 Å². The van der Waals surface area contributed by atoms with Crippen molar-refractivity contribution in [1.29, 1.82) is 0 Å². The fraction of sp³-hybridized carbons (Fsp3) is 0.407. The molecule has 1 aliphatic carbocycles. The van der Waals surface area contributed by atoms with Crippen LogP contribution in [-0.2, 0) is 50.0 Å². The van der Waals surface area contributed by atoms with Crippen LogP contribution in [0.3, 0.4) is 0 Å². The summed E-state index contributed by atoms with van der Waals surface area (Å²) in [5.74, 6) is 0.559. The number of esters is 1. The molecule has 0 saturated heterocycles. The Bertz CT molecular complexity index is 1120. The molecule has 0 bridgehead atoms. The summed E-state index contributed by atoms with van der Waals surface area (Å²) in [6, 6.07) is 16.2. The van der Waals surface area contributed by atoms with Crippen molar-refractivity contribution in [1.82, 2.24) is 4.98 Å². The molecule has 2 N–H and O–H groups in total. The maximum absolute atomic E-state index is 12.8. The first-order valence-electron chi connectivity index (χ1n) is 11.6. The van der Waals surface area contributed by atoms with Crippen LogP contribution in [-0.4, -0.2) is 35.2 Å². The van der Waals surface area contributed by atoms with Gasteiger partial charge in [-0.15, -0.1) is 16.9 Å². The number of rotatable bonds is 9. The molecule has 8 heteroatoms. The van der Waals surface area contributed by atoms with Crippen LogP contribution in [0.5, 0.6) is 5.75 Å². The molecule has 1 aromatic heterocycles. The maximum atomic E-state index is 12.8. The molecule has 3 aromatic rings. The second-order valence-corrected chi connectivity index (χ2v) is 10.6. The molecule has 0 aliphatic heterocycles. The Morgan fingerprint density at radius 2 is 1.77 bits per heavy atom. The minimum absolute atomic E-state index is 0. The maximum Gasteiger partial charge on any atom is 0.305 e. The molecular weight excluding hydrogens is 630 g/mol. The minimum Gasteiger partial charge on any atom is -0.650 e. The molecule has 0 fully saturated rings. The van der Waals surface area contributed by atoms with Gasteiger partial charge in [0.1, 0.15) is 18.0 Å². The summed E-state index contributed by atoms with van der Waals surface area (Å²) in [6.07, 6.45) is 1.72. The Kier molecular flexibility index (Phi) is 9.27. The molecule has 2 aromatic carbocycles. The quantitative estimate of drug-likeness (QED) is 0.315. The SMILES string of the molecule is CC(C)(C)OC(=O)CC1([N-]Cc2nc(-c3ccccc3OCCN)cs2)Cc2ccccc2C1.[W]. The Morgan fingerprint density at radius 3 is 2.43 bits per heavy atom. The number of hydrogen-bond donors (Lipinski definition) is 1. The minimum atomic E-state index is -0.521. The van der Waals surface area contributed by atoms with Crippen molar-refractivity contribution in [3.05, 3.63) is 75.4 Å². The Morgan fingerprint density at radius 1 is 1.11 bits per heavy atom. The smallest absolute Gasteiger partial charge is 0.305 e. The van der Waals surface area contributed by atoms with Crippen molar-refractivity contribution < 1.29 is 35.3 Å². The van der Waals surface area contributed by atoms with Crippen LogP contribution in [0.15, 0.2) is 53.9 Å². The molecule has 0 atom stereocenters. The van der Waals surface area contributed by atoms with Crippen LogP contribution in [0.4, 0.5) is 0 Å². The predicted octanol–water partition coefficient (Wildman–Crippen LogP) is 5.29. The summed E-state index contributed by atoms with van der Waals surface area (Å²) in [4.78, 5) is 17.6. The van der Waals surface area contributed by atoms with E-state index < -0.39 is 11.1 Å². The van der Waals surface area contributed by atoms with E-state index in [2.05, 4.69) is 12.1 Å². The van der Waals surface area contributed by atoms with Gasteiger partial charge in [0, 0.05) is 45.0 Å². The van der Waals surface area contributed by atoms with Gasteiger partial charge in [0.25, 0.3) is 0 Å². The van der Waals surface area contributed by atoms with Crippen LogP contribution in [0, 0.1) is 0 Å². The molecule has 1 heterocycles. The van der Waals surface area contributed by atoms with Gasteiger partial charge in [-0.25, -0.2) is 4.98 Å². The summed E-state index contributed by atoms with van der Waals surface area (Å²) >= 11 is 1.57. The van der Waals surface area contributed by atoms with Gasteiger partial charge in [-0.3, -0.25) is 4.79 Å².